The van der Waals surface area contributed by atoms with Gasteiger partial charge in [-0.3, -0.25) is 0 Å². The molecule has 0 saturated heterocycles. The molecule has 0 spiro atoms. The number of carbonyl (C=O) groups excluding carboxylic acids is 1. The summed E-state index contributed by atoms with van der Waals surface area (Å²) in [5.74, 6) is 0. The zero-order valence-electron chi connectivity index (χ0n) is 13.8. The summed E-state index contributed by atoms with van der Waals surface area (Å²) >= 11 is 5.86. The second-order valence-electron chi connectivity index (χ2n) is 5.10. The van der Waals surface area contributed by atoms with Gasteiger partial charge in [0.1, 0.15) is 0 Å². The normalized spacial score (nSPS) is 10.6. The van der Waals surface area contributed by atoms with Crippen LogP contribution in [0.4, 0.5) is 16.2 Å². The smallest absolute Gasteiger partial charge is 0.339 e. The maximum Gasteiger partial charge on any atom is 0.339 e. The Bertz CT molecular complexity index is 696. The largest absolute Gasteiger partial charge is 0.372 e. The van der Waals surface area contributed by atoms with E-state index in [1.54, 1.807) is 30.5 Å². The van der Waals surface area contributed by atoms with Gasteiger partial charge in [-0.05, 0) is 49.7 Å². The number of urea groups is 1. The van der Waals surface area contributed by atoms with Crippen LogP contribution in [0, 0.1) is 0 Å². The maximum atomic E-state index is 11.7. The average Bonchev–Trinajstić information content (AvgIpc) is 2.57. The van der Waals surface area contributed by atoms with Gasteiger partial charge in [-0.2, -0.15) is 5.10 Å². The molecule has 0 aliphatic rings. The Morgan fingerprint density at radius 1 is 1.17 bits per heavy atom. The van der Waals surface area contributed by atoms with Crippen LogP contribution < -0.4 is 15.6 Å². The summed E-state index contributed by atoms with van der Waals surface area (Å²) in [5.41, 5.74) is 5.12. The molecule has 0 saturated carbocycles. The molecule has 0 unspecified atom stereocenters. The van der Waals surface area contributed by atoms with Crippen molar-refractivity contribution >= 4 is 35.2 Å². The molecule has 0 atom stereocenters. The van der Waals surface area contributed by atoms with E-state index in [9.17, 15) is 4.79 Å². The monoisotopic (exact) mass is 344 g/mol. The van der Waals surface area contributed by atoms with Gasteiger partial charge < -0.3 is 10.2 Å². The molecule has 2 aromatic carbocycles. The quantitative estimate of drug-likeness (QED) is 0.605. The van der Waals surface area contributed by atoms with Gasteiger partial charge in [0.25, 0.3) is 0 Å². The van der Waals surface area contributed by atoms with Crippen LogP contribution in [0.2, 0.25) is 5.02 Å². The molecule has 0 aliphatic carbocycles. The van der Waals surface area contributed by atoms with Crippen molar-refractivity contribution in [3.05, 3.63) is 59.1 Å². The summed E-state index contributed by atoms with van der Waals surface area (Å²) in [6.07, 6.45) is 1.60. The molecule has 6 heteroatoms. The van der Waals surface area contributed by atoms with Crippen LogP contribution >= 0.6 is 11.6 Å². The molecule has 0 fully saturated rings. The van der Waals surface area contributed by atoms with Crippen LogP contribution in [-0.2, 0) is 0 Å². The van der Waals surface area contributed by atoms with Gasteiger partial charge in [-0.25, -0.2) is 10.2 Å². The highest BCUT2D eigenvalue weighted by Gasteiger charge is 2.01. The van der Waals surface area contributed by atoms with Gasteiger partial charge in [0.05, 0.1) is 6.21 Å². The Morgan fingerprint density at radius 2 is 1.88 bits per heavy atom. The lowest BCUT2D eigenvalue weighted by molar-refractivity contribution is 0.252. The lowest BCUT2D eigenvalue weighted by Crippen LogP contribution is -2.24. The maximum absolute atomic E-state index is 11.7. The summed E-state index contributed by atoms with van der Waals surface area (Å²) in [7, 11) is 0. The number of halogens is 1. The highest BCUT2D eigenvalue weighted by molar-refractivity contribution is 6.30. The number of benzene rings is 2. The number of nitrogens with one attached hydrogen (secondary N) is 2. The minimum atomic E-state index is -0.423. The highest BCUT2D eigenvalue weighted by Crippen LogP contribution is 2.15. The minimum absolute atomic E-state index is 0.423. The van der Waals surface area contributed by atoms with Crippen molar-refractivity contribution in [2.75, 3.05) is 23.3 Å². The molecule has 0 radical (unpaired) electrons. The van der Waals surface area contributed by atoms with E-state index in [1.165, 1.54) is 5.69 Å². The van der Waals surface area contributed by atoms with Crippen molar-refractivity contribution in [1.29, 1.82) is 0 Å². The SMILES string of the molecule is CCN(CC)c1ccc(C=NNC(=O)Nc2cccc(Cl)c2)cc1. The van der Waals surface area contributed by atoms with Crippen LogP contribution in [-0.4, -0.2) is 25.3 Å². The Balaban J connectivity index is 1.88. The van der Waals surface area contributed by atoms with Crippen LogP contribution in [0.1, 0.15) is 19.4 Å². The third-order valence-electron chi connectivity index (χ3n) is 3.48. The molecular weight excluding hydrogens is 324 g/mol. The summed E-state index contributed by atoms with van der Waals surface area (Å²) in [6.45, 7) is 6.19. The number of hydrogen-bond donors (Lipinski definition) is 2. The number of anilines is 2. The van der Waals surface area contributed by atoms with Crippen LogP contribution in [0.25, 0.3) is 0 Å². The van der Waals surface area contributed by atoms with E-state index in [2.05, 4.69) is 34.6 Å². The molecule has 2 rings (SSSR count). The van der Waals surface area contributed by atoms with Gasteiger partial charge in [-0.1, -0.05) is 29.8 Å². The van der Waals surface area contributed by atoms with Crippen molar-refractivity contribution in [3.8, 4) is 0 Å². The van der Waals surface area contributed by atoms with Gasteiger partial charge in [0.2, 0.25) is 0 Å². The van der Waals surface area contributed by atoms with Crippen molar-refractivity contribution in [2.24, 2.45) is 5.10 Å². The predicted octanol–water partition coefficient (Wildman–Crippen LogP) is 4.34. The fraction of sp³-hybridized carbons (Fsp3) is 0.222. The number of rotatable bonds is 6. The van der Waals surface area contributed by atoms with E-state index in [0.717, 1.165) is 18.7 Å². The van der Waals surface area contributed by atoms with Crippen LogP contribution in [0.3, 0.4) is 0 Å². The van der Waals surface area contributed by atoms with Crippen LogP contribution in [0.15, 0.2) is 53.6 Å². The highest BCUT2D eigenvalue weighted by atomic mass is 35.5. The number of hydrazone groups is 1. The van der Waals surface area contributed by atoms with E-state index < -0.39 is 6.03 Å². The molecule has 2 N–H and O–H groups in total. The first-order valence-electron chi connectivity index (χ1n) is 7.83. The molecule has 0 heterocycles. The standard InChI is InChI=1S/C18H21ClN4O/c1-3-23(4-2)17-10-8-14(9-11-17)13-20-22-18(24)21-16-7-5-6-15(19)12-16/h5-13H,3-4H2,1-2H3,(H2,21,22,24). The van der Waals surface area contributed by atoms with Crippen molar-refractivity contribution in [1.82, 2.24) is 5.43 Å². The van der Waals surface area contributed by atoms with E-state index in [1.807, 2.05) is 24.3 Å². The van der Waals surface area contributed by atoms with Crippen LogP contribution in [0.5, 0.6) is 0 Å². The molecule has 5 nitrogen and oxygen atoms in total. The summed E-state index contributed by atoms with van der Waals surface area (Å²) in [6, 6.07) is 14.5. The molecule has 2 amide bonds. The number of amides is 2. The fourth-order valence-corrected chi connectivity index (χ4v) is 2.44. The second-order valence-corrected chi connectivity index (χ2v) is 5.53. The Morgan fingerprint density at radius 3 is 2.50 bits per heavy atom. The molecule has 2 aromatic rings. The third kappa shape index (κ3) is 5.28. The third-order valence-corrected chi connectivity index (χ3v) is 3.72. The number of carbonyl (C=O) groups is 1. The predicted molar refractivity (Wildman–Crippen MR) is 101 cm³/mol. The first kappa shape index (κ1) is 17.8. The van der Waals surface area contributed by atoms with E-state index in [4.69, 9.17) is 11.6 Å². The molecular formula is C18H21ClN4O. The summed E-state index contributed by atoms with van der Waals surface area (Å²) in [5, 5.41) is 7.15. The summed E-state index contributed by atoms with van der Waals surface area (Å²) < 4.78 is 0. The molecule has 0 aromatic heterocycles. The number of hydrogen-bond acceptors (Lipinski definition) is 3. The molecule has 0 aliphatic heterocycles. The zero-order valence-corrected chi connectivity index (χ0v) is 14.5. The topological polar surface area (TPSA) is 56.7 Å². The van der Waals surface area contributed by atoms with Gasteiger partial charge in [0, 0.05) is 29.5 Å². The van der Waals surface area contributed by atoms with Crippen molar-refractivity contribution in [3.63, 3.8) is 0 Å². The van der Waals surface area contributed by atoms with E-state index >= 15 is 0 Å². The molecule has 126 valence electrons. The zero-order chi connectivity index (χ0) is 17.4. The minimum Gasteiger partial charge on any atom is -0.372 e. The van der Waals surface area contributed by atoms with Gasteiger partial charge >= 0.3 is 6.03 Å². The van der Waals surface area contributed by atoms with E-state index in [-0.39, 0.29) is 0 Å². The molecule has 24 heavy (non-hydrogen) atoms. The average molecular weight is 345 g/mol. The van der Waals surface area contributed by atoms with Crippen molar-refractivity contribution < 1.29 is 4.79 Å². The Hall–Kier alpha value is -2.53. The van der Waals surface area contributed by atoms with Gasteiger partial charge in [-0.15, -0.1) is 0 Å². The number of nitrogens with zero attached hydrogens (tertiary/aromatic N) is 2. The molecule has 0 bridgehead atoms. The lowest BCUT2D eigenvalue weighted by atomic mass is 10.2. The Labute approximate surface area is 147 Å². The first-order chi connectivity index (χ1) is 11.6. The van der Waals surface area contributed by atoms with Crippen molar-refractivity contribution in [2.45, 2.75) is 13.8 Å². The Kier molecular flexibility index (Phi) is 6.63. The summed E-state index contributed by atoms with van der Waals surface area (Å²) in [4.78, 5) is 14.0. The lowest BCUT2D eigenvalue weighted by Gasteiger charge is -2.20. The van der Waals surface area contributed by atoms with Gasteiger partial charge in [0.15, 0.2) is 0 Å². The second kappa shape index (κ2) is 8.93. The first-order valence-corrected chi connectivity index (χ1v) is 8.20. The fourth-order valence-electron chi connectivity index (χ4n) is 2.25. The van der Waals surface area contributed by atoms with E-state index in [0.29, 0.717) is 10.7 Å².